The second-order valence-corrected chi connectivity index (χ2v) is 7.61. The molecule has 2 rings (SSSR count). The number of likely N-dealkylation sites (tertiary alicyclic amines) is 1. The van der Waals surface area contributed by atoms with Gasteiger partial charge in [0, 0.05) is 44.2 Å². The van der Waals surface area contributed by atoms with E-state index in [1.54, 1.807) is 4.90 Å². The highest BCUT2D eigenvalue weighted by molar-refractivity contribution is 7.89. The molecule has 1 heterocycles. The Kier molecular flexibility index (Phi) is 8.41. The van der Waals surface area contributed by atoms with Crippen LogP contribution in [0.2, 0.25) is 0 Å². The van der Waals surface area contributed by atoms with Crippen molar-refractivity contribution in [2.24, 2.45) is 0 Å². The molecule has 1 amide bonds. The fourth-order valence-corrected chi connectivity index (χ4v) is 3.91. The Morgan fingerprint density at radius 1 is 1.35 bits per heavy atom. The predicted molar refractivity (Wildman–Crippen MR) is 98.8 cm³/mol. The summed E-state index contributed by atoms with van der Waals surface area (Å²) in [4.78, 5) is 24.0. The Labute approximate surface area is 158 Å². The molecule has 146 valence electrons. The number of nitro groups is 1. The van der Waals surface area contributed by atoms with Crippen molar-refractivity contribution in [3.63, 3.8) is 0 Å². The van der Waals surface area contributed by atoms with Crippen molar-refractivity contribution < 1.29 is 18.1 Å². The lowest BCUT2D eigenvalue weighted by Gasteiger charge is -2.24. The number of likely N-dealkylation sites (N-methyl/N-ethyl adjacent to an activating group) is 1. The molecule has 1 unspecified atom stereocenters. The monoisotopic (exact) mass is 406 g/mol. The highest BCUT2D eigenvalue weighted by Crippen LogP contribution is 2.18. The van der Waals surface area contributed by atoms with Gasteiger partial charge in [-0.05, 0) is 32.0 Å². The topological polar surface area (TPSA) is 122 Å². The Balaban J connectivity index is 0.00000338. The van der Waals surface area contributed by atoms with Crippen LogP contribution >= 0.6 is 12.4 Å². The third-order valence-corrected chi connectivity index (χ3v) is 5.60. The van der Waals surface area contributed by atoms with E-state index in [9.17, 15) is 23.3 Å². The molecule has 1 saturated heterocycles. The van der Waals surface area contributed by atoms with E-state index in [0.717, 1.165) is 31.5 Å². The van der Waals surface area contributed by atoms with Gasteiger partial charge < -0.3 is 10.2 Å². The zero-order valence-electron chi connectivity index (χ0n) is 14.4. The maximum absolute atomic E-state index is 12.3. The van der Waals surface area contributed by atoms with E-state index in [1.807, 2.05) is 7.05 Å². The van der Waals surface area contributed by atoms with Crippen molar-refractivity contribution in [3.8, 4) is 0 Å². The van der Waals surface area contributed by atoms with Crippen LogP contribution in [0.3, 0.4) is 0 Å². The van der Waals surface area contributed by atoms with E-state index in [4.69, 9.17) is 0 Å². The van der Waals surface area contributed by atoms with Crippen molar-refractivity contribution in [2.75, 3.05) is 26.7 Å². The Bertz CT molecular complexity index is 726. The molecule has 1 aromatic carbocycles. The molecular weight excluding hydrogens is 384 g/mol. The number of nitrogens with zero attached hydrogens (tertiary/aromatic N) is 2. The number of nitrogens with one attached hydrogen (secondary N) is 2. The van der Waals surface area contributed by atoms with Crippen LogP contribution in [-0.4, -0.2) is 56.9 Å². The highest BCUT2D eigenvalue weighted by Gasteiger charge is 2.27. The minimum Gasteiger partial charge on any atom is -0.338 e. The third-order valence-electron chi connectivity index (χ3n) is 4.13. The van der Waals surface area contributed by atoms with Crippen LogP contribution in [0, 0.1) is 10.1 Å². The van der Waals surface area contributed by atoms with Gasteiger partial charge >= 0.3 is 0 Å². The first-order valence-corrected chi connectivity index (χ1v) is 9.51. The second kappa shape index (κ2) is 9.81. The lowest BCUT2D eigenvalue weighted by Crippen LogP contribution is -2.42. The van der Waals surface area contributed by atoms with Gasteiger partial charge in [0.05, 0.1) is 9.82 Å². The molecule has 26 heavy (non-hydrogen) atoms. The average Bonchev–Trinajstić information content (AvgIpc) is 3.03. The quantitative estimate of drug-likeness (QED) is 0.488. The molecule has 0 aliphatic carbocycles. The molecule has 1 aliphatic rings. The summed E-state index contributed by atoms with van der Waals surface area (Å²) in [6.07, 6.45) is 1.97. The van der Waals surface area contributed by atoms with E-state index in [0.29, 0.717) is 6.54 Å². The van der Waals surface area contributed by atoms with E-state index >= 15 is 0 Å². The zero-order valence-corrected chi connectivity index (χ0v) is 16.0. The van der Waals surface area contributed by atoms with Crippen molar-refractivity contribution in [3.05, 3.63) is 34.4 Å². The van der Waals surface area contributed by atoms with Gasteiger partial charge in [-0.2, -0.15) is 0 Å². The number of sulfonamides is 1. The third kappa shape index (κ3) is 5.63. The van der Waals surface area contributed by atoms with Crippen molar-refractivity contribution in [1.29, 1.82) is 0 Å². The fourth-order valence-electron chi connectivity index (χ4n) is 2.88. The molecule has 1 fully saturated rings. The average molecular weight is 407 g/mol. The van der Waals surface area contributed by atoms with Gasteiger partial charge in [-0.15, -0.1) is 12.4 Å². The number of halogens is 1. The summed E-state index contributed by atoms with van der Waals surface area (Å²) in [6.45, 7) is 1.40. The number of carbonyl (C=O) groups is 1. The zero-order chi connectivity index (χ0) is 18.4. The molecule has 0 bridgehead atoms. The van der Waals surface area contributed by atoms with Crippen molar-refractivity contribution in [1.82, 2.24) is 14.9 Å². The van der Waals surface area contributed by atoms with Crippen LogP contribution in [0.1, 0.15) is 19.3 Å². The normalized spacial score (nSPS) is 17.0. The van der Waals surface area contributed by atoms with E-state index in [-0.39, 0.29) is 47.9 Å². The molecule has 1 aromatic rings. The van der Waals surface area contributed by atoms with Crippen molar-refractivity contribution in [2.45, 2.75) is 30.2 Å². The largest absolute Gasteiger partial charge is 0.338 e. The highest BCUT2D eigenvalue weighted by atomic mass is 35.5. The molecule has 0 radical (unpaired) electrons. The first-order chi connectivity index (χ1) is 11.8. The van der Waals surface area contributed by atoms with Gasteiger partial charge in [-0.3, -0.25) is 14.9 Å². The van der Waals surface area contributed by atoms with Crippen LogP contribution in [0.5, 0.6) is 0 Å². The van der Waals surface area contributed by atoms with E-state index in [1.165, 1.54) is 12.1 Å². The molecular formula is C15H23ClN4O5S. The van der Waals surface area contributed by atoms with Crippen LogP contribution in [-0.2, 0) is 14.8 Å². The smallest absolute Gasteiger partial charge is 0.269 e. The number of carbonyl (C=O) groups excluding carboxylic acids is 1. The summed E-state index contributed by atoms with van der Waals surface area (Å²) in [5.74, 6) is -0.0795. The molecule has 0 aromatic heterocycles. The SMILES string of the molecule is CNCC1CCCN1C(=O)CCNS(=O)(=O)c1ccc([N+](=O)[O-])cc1.Cl. The van der Waals surface area contributed by atoms with Gasteiger partial charge in [0.1, 0.15) is 0 Å². The summed E-state index contributed by atoms with van der Waals surface area (Å²) < 4.78 is 26.7. The summed E-state index contributed by atoms with van der Waals surface area (Å²) in [5, 5.41) is 13.7. The lowest BCUT2D eigenvalue weighted by atomic mass is 10.2. The number of benzene rings is 1. The number of rotatable bonds is 8. The minimum absolute atomic E-state index is 0. The van der Waals surface area contributed by atoms with Gasteiger partial charge in [0.15, 0.2) is 0 Å². The molecule has 0 spiro atoms. The summed E-state index contributed by atoms with van der Waals surface area (Å²) in [6, 6.07) is 4.76. The van der Waals surface area contributed by atoms with Gasteiger partial charge in [0.25, 0.3) is 5.69 Å². The maximum Gasteiger partial charge on any atom is 0.269 e. The molecule has 1 atom stereocenters. The first kappa shape index (κ1) is 22.3. The fraction of sp³-hybridized carbons (Fsp3) is 0.533. The van der Waals surface area contributed by atoms with Crippen LogP contribution in [0.25, 0.3) is 0 Å². The minimum atomic E-state index is -3.80. The van der Waals surface area contributed by atoms with Gasteiger partial charge in [-0.1, -0.05) is 0 Å². The summed E-state index contributed by atoms with van der Waals surface area (Å²) >= 11 is 0. The number of amides is 1. The number of nitro benzene ring substituents is 1. The molecule has 9 nitrogen and oxygen atoms in total. The lowest BCUT2D eigenvalue weighted by molar-refractivity contribution is -0.384. The van der Waals surface area contributed by atoms with Gasteiger partial charge in [0.2, 0.25) is 15.9 Å². The molecule has 0 saturated carbocycles. The number of hydrogen-bond acceptors (Lipinski definition) is 6. The second-order valence-electron chi connectivity index (χ2n) is 5.84. The summed E-state index contributed by atoms with van der Waals surface area (Å²) in [7, 11) is -1.97. The summed E-state index contributed by atoms with van der Waals surface area (Å²) in [5.41, 5.74) is -0.182. The standard InChI is InChI=1S/C15H22N4O5S.ClH/c1-16-11-13-3-2-10-18(13)15(20)8-9-17-25(23,24)14-6-4-12(5-7-14)19(21)22;/h4-7,13,16-17H,2-3,8-11H2,1H3;1H. The number of non-ortho nitro benzene ring substituents is 1. The van der Waals surface area contributed by atoms with Crippen molar-refractivity contribution >= 4 is 34.0 Å². The van der Waals surface area contributed by atoms with Gasteiger partial charge in [-0.25, -0.2) is 13.1 Å². The number of hydrogen-bond donors (Lipinski definition) is 2. The first-order valence-electron chi connectivity index (χ1n) is 8.03. The molecule has 1 aliphatic heterocycles. The van der Waals surface area contributed by atoms with Crippen LogP contribution in [0.4, 0.5) is 5.69 Å². The van der Waals surface area contributed by atoms with E-state index in [2.05, 4.69) is 10.0 Å². The Morgan fingerprint density at radius 3 is 2.58 bits per heavy atom. The molecule has 2 N–H and O–H groups in total. The Morgan fingerprint density at radius 2 is 2.00 bits per heavy atom. The Hall–Kier alpha value is -1.75. The molecule has 11 heteroatoms. The maximum atomic E-state index is 12.3. The van der Waals surface area contributed by atoms with E-state index < -0.39 is 14.9 Å². The van der Waals surface area contributed by atoms with Crippen LogP contribution < -0.4 is 10.0 Å². The predicted octanol–water partition coefficient (Wildman–Crippen LogP) is 0.895. The van der Waals surface area contributed by atoms with Crippen LogP contribution in [0.15, 0.2) is 29.2 Å².